The Hall–Kier alpha value is -2.25. The standard InChI is InChI=1S/C17H24N4O3/c1-13(2)15-6-4-14(5-7-15)9-19(3)11-17(22)12-20-10-16(8-18-20)21(23)24/h4-8,10,13,17,22H,9,11-12H2,1-3H3. The molecule has 24 heavy (non-hydrogen) atoms. The van der Waals surface area contributed by atoms with E-state index in [1.54, 1.807) is 0 Å². The van der Waals surface area contributed by atoms with Crippen LogP contribution in [0.1, 0.15) is 30.9 Å². The Morgan fingerprint density at radius 2 is 2.00 bits per heavy atom. The summed E-state index contributed by atoms with van der Waals surface area (Å²) in [4.78, 5) is 12.2. The molecular weight excluding hydrogens is 308 g/mol. The lowest BCUT2D eigenvalue weighted by atomic mass is 10.0. The van der Waals surface area contributed by atoms with Crippen molar-refractivity contribution in [2.45, 2.75) is 39.0 Å². The van der Waals surface area contributed by atoms with Crippen LogP contribution in [0.4, 0.5) is 5.69 Å². The van der Waals surface area contributed by atoms with Crippen LogP contribution in [0, 0.1) is 10.1 Å². The molecule has 0 fully saturated rings. The summed E-state index contributed by atoms with van der Waals surface area (Å²) in [7, 11) is 1.94. The van der Waals surface area contributed by atoms with Crippen molar-refractivity contribution in [1.29, 1.82) is 0 Å². The molecule has 0 spiro atoms. The van der Waals surface area contributed by atoms with Crippen molar-refractivity contribution in [3.05, 3.63) is 57.9 Å². The number of likely N-dealkylation sites (N-methyl/N-ethyl adjacent to an activating group) is 1. The first-order valence-corrected chi connectivity index (χ1v) is 7.97. The fraction of sp³-hybridized carbons (Fsp3) is 0.471. The summed E-state index contributed by atoms with van der Waals surface area (Å²) in [6.45, 7) is 5.74. The molecule has 7 heteroatoms. The molecule has 2 aromatic rings. The van der Waals surface area contributed by atoms with Crippen LogP contribution < -0.4 is 0 Å². The lowest BCUT2D eigenvalue weighted by molar-refractivity contribution is -0.385. The molecule has 2 rings (SSSR count). The molecule has 1 aromatic carbocycles. The summed E-state index contributed by atoms with van der Waals surface area (Å²) in [6.07, 6.45) is 1.87. The first-order valence-electron chi connectivity index (χ1n) is 7.97. The second-order valence-corrected chi connectivity index (χ2v) is 6.42. The molecule has 1 heterocycles. The molecule has 0 aliphatic heterocycles. The molecule has 0 saturated carbocycles. The van der Waals surface area contributed by atoms with Crippen molar-refractivity contribution in [3.63, 3.8) is 0 Å². The van der Waals surface area contributed by atoms with E-state index >= 15 is 0 Å². The fourth-order valence-electron chi connectivity index (χ4n) is 2.56. The van der Waals surface area contributed by atoms with Crippen molar-refractivity contribution < 1.29 is 10.0 Å². The highest BCUT2D eigenvalue weighted by atomic mass is 16.6. The monoisotopic (exact) mass is 332 g/mol. The quantitative estimate of drug-likeness (QED) is 0.593. The summed E-state index contributed by atoms with van der Waals surface area (Å²) in [5.74, 6) is 0.511. The zero-order chi connectivity index (χ0) is 17.7. The molecule has 0 radical (unpaired) electrons. The van der Waals surface area contributed by atoms with Gasteiger partial charge in [0.1, 0.15) is 12.4 Å². The summed E-state index contributed by atoms with van der Waals surface area (Å²) in [6, 6.07) is 8.48. The van der Waals surface area contributed by atoms with Gasteiger partial charge in [0.2, 0.25) is 0 Å². The van der Waals surface area contributed by atoms with Crippen LogP contribution in [0.3, 0.4) is 0 Å². The van der Waals surface area contributed by atoms with Crippen LogP contribution in [0.5, 0.6) is 0 Å². The predicted molar refractivity (Wildman–Crippen MR) is 91.8 cm³/mol. The summed E-state index contributed by atoms with van der Waals surface area (Å²) in [5, 5.41) is 24.7. The molecule has 1 aromatic heterocycles. The third-order valence-electron chi connectivity index (χ3n) is 3.85. The van der Waals surface area contributed by atoms with E-state index < -0.39 is 11.0 Å². The first kappa shape index (κ1) is 18.1. The van der Waals surface area contributed by atoms with Crippen LogP contribution in [-0.4, -0.2) is 44.4 Å². The maximum absolute atomic E-state index is 10.6. The SMILES string of the molecule is CC(C)c1ccc(CN(C)CC(O)Cn2cc([N+](=O)[O-])cn2)cc1. The zero-order valence-electron chi connectivity index (χ0n) is 14.3. The van der Waals surface area contributed by atoms with Crippen LogP contribution >= 0.6 is 0 Å². The number of aromatic nitrogens is 2. The number of nitrogens with zero attached hydrogens (tertiary/aromatic N) is 4. The maximum Gasteiger partial charge on any atom is 0.306 e. The van der Waals surface area contributed by atoms with E-state index in [1.165, 1.54) is 28.2 Å². The minimum Gasteiger partial charge on any atom is -0.390 e. The largest absolute Gasteiger partial charge is 0.390 e. The Morgan fingerprint density at radius 1 is 1.33 bits per heavy atom. The lowest BCUT2D eigenvalue weighted by Gasteiger charge is -2.20. The van der Waals surface area contributed by atoms with Gasteiger partial charge in [-0.1, -0.05) is 38.1 Å². The first-order chi connectivity index (χ1) is 11.3. The average Bonchev–Trinajstić information content (AvgIpc) is 2.96. The van der Waals surface area contributed by atoms with Crippen LogP contribution in [-0.2, 0) is 13.1 Å². The van der Waals surface area contributed by atoms with Crippen molar-refractivity contribution >= 4 is 5.69 Å². The van der Waals surface area contributed by atoms with Gasteiger partial charge in [-0.05, 0) is 24.1 Å². The van der Waals surface area contributed by atoms with Crippen molar-refractivity contribution in [2.75, 3.05) is 13.6 Å². The number of rotatable bonds is 8. The van der Waals surface area contributed by atoms with Gasteiger partial charge in [-0.2, -0.15) is 5.10 Å². The normalized spacial score (nSPS) is 12.8. The highest BCUT2D eigenvalue weighted by Gasteiger charge is 2.13. The minimum atomic E-state index is -0.649. The van der Waals surface area contributed by atoms with Crippen LogP contribution in [0.15, 0.2) is 36.7 Å². The van der Waals surface area contributed by atoms with Gasteiger partial charge in [0.15, 0.2) is 0 Å². The topological polar surface area (TPSA) is 84.4 Å². The molecule has 0 aliphatic rings. The van der Waals surface area contributed by atoms with Gasteiger partial charge in [-0.15, -0.1) is 0 Å². The van der Waals surface area contributed by atoms with Gasteiger partial charge >= 0.3 is 5.69 Å². The molecule has 1 unspecified atom stereocenters. The molecule has 0 bridgehead atoms. The van der Waals surface area contributed by atoms with E-state index in [0.717, 1.165) is 6.54 Å². The molecule has 1 atom stereocenters. The third kappa shape index (κ3) is 5.14. The molecule has 1 N–H and O–H groups in total. The van der Waals surface area contributed by atoms with E-state index in [-0.39, 0.29) is 12.2 Å². The second kappa shape index (κ2) is 8.03. The van der Waals surface area contributed by atoms with Crippen LogP contribution in [0.2, 0.25) is 0 Å². The van der Waals surface area contributed by atoms with Gasteiger partial charge < -0.3 is 5.11 Å². The Labute approximate surface area is 141 Å². The van der Waals surface area contributed by atoms with Crippen LogP contribution in [0.25, 0.3) is 0 Å². The Kier molecular flexibility index (Phi) is 6.05. The van der Waals surface area contributed by atoms with Crippen molar-refractivity contribution in [2.24, 2.45) is 0 Å². The molecule has 130 valence electrons. The molecule has 7 nitrogen and oxygen atoms in total. The molecule has 0 saturated heterocycles. The van der Waals surface area contributed by atoms with Gasteiger partial charge in [0.25, 0.3) is 0 Å². The smallest absolute Gasteiger partial charge is 0.306 e. The highest BCUT2D eigenvalue weighted by Crippen LogP contribution is 2.15. The average molecular weight is 332 g/mol. The summed E-state index contributed by atoms with van der Waals surface area (Å²) in [5.41, 5.74) is 2.42. The number of hydrogen-bond donors (Lipinski definition) is 1. The van der Waals surface area contributed by atoms with E-state index in [1.807, 2.05) is 11.9 Å². The van der Waals surface area contributed by atoms with E-state index in [4.69, 9.17) is 0 Å². The molecule has 0 amide bonds. The summed E-state index contributed by atoms with van der Waals surface area (Å²) >= 11 is 0. The van der Waals surface area contributed by atoms with Gasteiger partial charge in [0, 0.05) is 13.1 Å². The van der Waals surface area contributed by atoms with E-state index in [9.17, 15) is 15.2 Å². The Morgan fingerprint density at radius 3 is 2.54 bits per heavy atom. The number of hydrogen-bond acceptors (Lipinski definition) is 5. The Bertz CT molecular complexity index is 667. The summed E-state index contributed by atoms with van der Waals surface area (Å²) < 4.78 is 1.40. The minimum absolute atomic E-state index is 0.0687. The number of aliphatic hydroxyl groups is 1. The highest BCUT2D eigenvalue weighted by molar-refractivity contribution is 5.24. The number of aliphatic hydroxyl groups excluding tert-OH is 1. The fourth-order valence-corrected chi connectivity index (χ4v) is 2.56. The zero-order valence-corrected chi connectivity index (χ0v) is 14.3. The van der Waals surface area contributed by atoms with Crippen molar-refractivity contribution in [3.8, 4) is 0 Å². The third-order valence-corrected chi connectivity index (χ3v) is 3.85. The van der Waals surface area contributed by atoms with Crippen molar-refractivity contribution in [1.82, 2.24) is 14.7 Å². The maximum atomic E-state index is 10.6. The lowest BCUT2D eigenvalue weighted by Crippen LogP contribution is -2.31. The van der Waals surface area contributed by atoms with Gasteiger partial charge in [-0.3, -0.25) is 19.7 Å². The van der Waals surface area contributed by atoms with Gasteiger partial charge in [0.05, 0.1) is 17.6 Å². The second-order valence-electron chi connectivity index (χ2n) is 6.42. The molecular formula is C17H24N4O3. The Balaban J connectivity index is 1.84. The number of benzene rings is 1. The predicted octanol–water partition coefficient (Wildman–Crippen LogP) is 2.41. The molecule has 0 aliphatic carbocycles. The number of nitro groups is 1. The van der Waals surface area contributed by atoms with Gasteiger partial charge in [-0.25, -0.2) is 0 Å². The van der Waals surface area contributed by atoms with E-state index in [2.05, 4.69) is 43.2 Å². The van der Waals surface area contributed by atoms with E-state index in [0.29, 0.717) is 12.5 Å².